The van der Waals surface area contributed by atoms with E-state index in [1.165, 1.54) is 12.1 Å². The summed E-state index contributed by atoms with van der Waals surface area (Å²) in [7, 11) is 0. The highest BCUT2D eigenvalue weighted by Gasteiger charge is 2.15. The van der Waals surface area contributed by atoms with E-state index in [9.17, 15) is 4.39 Å². The molecule has 1 aromatic carbocycles. The Labute approximate surface area is 86.6 Å². The van der Waals surface area contributed by atoms with Crippen LogP contribution in [0.1, 0.15) is 12.2 Å². The van der Waals surface area contributed by atoms with Crippen molar-refractivity contribution < 1.29 is 4.39 Å². The maximum atomic E-state index is 12.7. The lowest BCUT2D eigenvalue weighted by atomic mass is 10.2. The molecular formula is C11H10FN3. The van der Waals surface area contributed by atoms with Gasteiger partial charge in [0.1, 0.15) is 11.6 Å². The van der Waals surface area contributed by atoms with Gasteiger partial charge in [-0.2, -0.15) is 5.10 Å². The van der Waals surface area contributed by atoms with Gasteiger partial charge in [-0.25, -0.2) is 14.1 Å². The summed E-state index contributed by atoms with van der Waals surface area (Å²) in [6.07, 6.45) is 2.12. The second-order valence-electron chi connectivity index (χ2n) is 3.69. The van der Waals surface area contributed by atoms with E-state index in [-0.39, 0.29) is 5.82 Å². The molecule has 76 valence electrons. The molecule has 3 nitrogen and oxygen atoms in total. The number of aryl methyl sites for hydroxylation is 2. The molecule has 0 spiro atoms. The number of rotatable bonds is 1. The summed E-state index contributed by atoms with van der Waals surface area (Å²) < 4.78 is 14.6. The molecule has 0 N–H and O–H groups in total. The zero-order valence-electron chi connectivity index (χ0n) is 8.15. The third kappa shape index (κ3) is 1.42. The Bertz CT molecular complexity index is 466. The fourth-order valence-corrected chi connectivity index (χ4v) is 1.85. The number of benzene rings is 1. The van der Waals surface area contributed by atoms with E-state index in [1.807, 2.05) is 4.68 Å². The molecule has 1 aliphatic rings. The summed E-state index contributed by atoms with van der Waals surface area (Å²) in [5.74, 6) is 1.50. The van der Waals surface area contributed by atoms with Crippen LogP contribution in [0.25, 0.3) is 11.4 Å². The molecule has 0 aliphatic carbocycles. The van der Waals surface area contributed by atoms with Crippen LogP contribution in [0.2, 0.25) is 0 Å². The van der Waals surface area contributed by atoms with E-state index in [0.29, 0.717) is 5.82 Å². The van der Waals surface area contributed by atoms with Gasteiger partial charge in [-0.1, -0.05) is 0 Å². The summed E-state index contributed by atoms with van der Waals surface area (Å²) in [6.45, 7) is 0.948. The zero-order valence-corrected chi connectivity index (χ0v) is 8.15. The monoisotopic (exact) mass is 203 g/mol. The lowest BCUT2D eigenvalue weighted by Crippen LogP contribution is -1.94. The Hall–Kier alpha value is -1.71. The van der Waals surface area contributed by atoms with E-state index in [2.05, 4.69) is 10.1 Å². The average molecular weight is 203 g/mol. The third-order valence-electron chi connectivity index (χ3n) is 2.62. The van der Waals surface area contributed by atoms with Crippen molar-refractivity contribution in [3.8, 4) is 11.4 Å². The molecule has 15 heavy (non-hydrogen) atoms. The van der Waals surface area contributed by atoms with Crippen molar-refractivity contribution in [3.63, 3.8) is 0 Å². The highest BCUT2D eigenvalue weighted by atomic mass is 19.1. The number of aromatic nitrogens is 3. The van der Waals surface area contributed by atoms with Gasteiger partial charge in [0, 0.05) is 18.5 Å². The Morgan fingerprint density at radius 1 is 1.20 bits per heavy atom. The number of halogens is 1. The first-order valence-electron chi connectivity index (χ1n) is 5.02. The topological polar surface area (TPSA) is 30.7 Å². The minimum Gasteiger partial charge on any atom is -0.249 e. The summed E-state index contributed by atoms with van der Waals surface area (Å²) in [6, 6.07) is 6.28. The molecule has 4 heteroatoms. The predicted molar refractivity (Wildman–Crippen MR) is 53.7 cm³/mol. The molecule has 1 aliphatic heterocycles. The van der Waals surface area contributed by atoms with Gasteiger partial charge in [0.15, 0.2) is 5.82 Å². The van der Waals surface area contributed by atoms with Crippen molar-refractivity contribution in [1.82, 2.24) is 14.8 Å². The zero-order chi connectivity index (χ0) is 10.3. The molecular weight excluding hydrogens is 193 g/mol. The van der Waals surface area contributed by atoms with E-state index in [1.54, 1.807) is 12.1 Å². The van der Waals surface area contributed by atoms with Gasteiger partial charge in [-0.3, -0.25) is 0 Å². The highest BCUT2D eigenvalue weighted by molar-refractivity contribution is 5.54. The van der Waals surface area contributed by atoms with Crippen molar-refractivity contribution in [2.45, 2.75) is 19.4 Å². The number of nitrogens with zero attached hydrogens (tertiary/aromatic N) is 3. The van der Waals surface area contributed by atoms with Gasteiger partial charge in [0.25, 0.3) is 0 Å². The smallest absolute Gasteiger partial charge is 0.181 e. The van der Waals surface area contributed by atoms with Gasteiger partial charge in [0.05, 0.1) is 0 Å². The summed E-state index contributed by atoms with van der Waals surface area (Å²) in [5, 5.41) is 4.37. The first-order chi connectivity index (χ1) is 7.33. The van der Waals surface area contributed by atoms with Crippen LogP contribution in [0.4, 0.5) is 4.39 Å². The number of fused-ring (bicyclic) bond motifs is 1. The molecule has 1 aromatic heterocycles. The Kier molecular flexibility index (Phi) is 1.80. The lowest BCUT2D eigenvalue weighted by Gasteiger charge is -1.94. The molecule has 2 aromatic rings. The minimum absolute atomic E-state index is 0.231. The molecule has 3 rings (SSSR count). The fourth-order valence-electron chi connectivity index (χ4n) is 1.85. The van der Waals surface area contributed by atoms with Crippen molar-refractivity contribution in [2.24, 2.45) is 0 Å². The van der Waals surface area contributed by atoms with E-state index < -0.39 is 0 Å². The lowest BCUT2D eigenvalue weighted by molar-refractivity contribution is 0.628. The molecule has 0 saturated carbocycles. The van der Waals surface area contributed by atoms with Gasteiger partial charge < -0.3 is 0 Å². The van der Waals surface area contributed by atoms with Crippen molar-refractivity contribution >= 4 is 0 Å². The first-order valence-corrected chi connectivity index (χ1v) is 5.02. The van der Waals surface area contributed by atoms with E-state index in [4.69, 9.17) is 0 Å². The molecule has 0 atom stereocenters. The van der Waals surface area contributed by atoms with Crippen molar-refractivity contribution in [2.75, 3.05) is 0 Å². The quantitative estimate of drug-likeness (QED) is 0.710. The molecule has 0 fully saturated rings. The number of hydrogen-bond donors (Lipinski definition) is 0. The SMILES string of the molecule is Fc1ccc(-c2nc3n(n2)CCC3)cc1. The summed E-state index contributed by atoms with van der Waals surface area (Å²) in [5.41, 5.74) is 0.873. The maximum absolute atomic E-state index is 12.7. The molecule has 2 heterocycles. The van der Waals surface area contributed by atoms with Crippen LogP contribution in [-0.4, -0.2) is 14.8 Å². The van der Waals surface area contributed by atoms with Crippen LogP contribution in [0.3, 0.4) is 0 Å². The molecule has 0 unspecified atom stereocenters. The van der Waals surface area contributed by atoms with Crippen molar-refractivity contribution in [3.05, 3.63) is 35.9 Å². The largest absolute Gasteiger partial charge is 0.249 e. The van der Waals surface area contributed by atoms with E-state index >= 15 is 0 Å². The second kappa shape index (κ2) is 3.15. The van der Waals surface area contributed by atoms with Crippen LogP contribution in [0.15, 0.2) is 24.3 Å². The van der Waals surface area contributed by atoms with Crippen LogP contribution in [0.5, 0.6) is 0 Å². The van der Waals surface area contributed by atoms with Gasteiger partial charge in [0.2, 0.25) is 0 Å². The summed E-state index contributed by atoms with van der Waals surface area (Å²) in [4.78, 5) is 4.42. The van der Waals surface area contributed by atoms with Crippen LogP contribution >= 0.6 is 0 Å². The normalized spacial score (nSPS) is 14.2. The standard InChI is InChI=1S/C11H10FN3/c12-9-5-3-8(4-6-9)11-13-10-2-1-7-15(10)14-11/h3-6H,1-2,7H2. The average Bonchev–Trinajstić information content (AvgIpc) is 2.78. The van der Waals surface area contributed by atoms with Crippen LogP contribution in [0, 0.1) is 5.82 Å². The van der Waals surface area contributed by atoms with Crippen LogP contribution in [-0.2, 0) is 13.0 Å². The van der Waals surface area contributed by atoms with E-state index in [0.717, 1.165) is 30.8 Å². The van der Waals surface area contributed by atoms with Crippen molar-refractivity contribution in [1.29, 1.82) is 0 Å². The molecule has 0 amide bonds. The Morgan fingerprint density at radius 2 is 2.00 bits per heavy atom. The molecule has 0 bridgehead atoms. The second-order valence-corrected chi connectivity index (χ2v) is 3.69. The minimum atomic E-state index is -0.231. The van der Waals surface area contributed by atoms with Gasteiger partial charge >= 0.3 is 0 Å². The Balaban J connectivity index is 2.02. The molecule has 0 radical (unpaired) electrons. The maximum Gasteiger partial charge on any atom is 0.181 e. The Morgan fingerprint density at radius 3 is 2.73 bits per heavy atom. The van der Waals surface area contributed by atoms with Gasteiger partial charge in [-0.05, 0) is 30.7 Å². The molecule has 0 saturated heterocycles. The predicted octanol–water partition coefficient (Wildman–Crippen LogP) is 2.03. The fraction of sp³-hybridized carbons (Fsp3) is 0.273. The highest BCUT2D eigenvalue weighted by Crippen LogP contribution is 2.19. The number of hydrogen-bond acceptors (Lipinski definition) is 2. The third-order valence-corrected chi connectivity index (χ3v) is 2.62. The van der Waals surface area contributed by atoms with Gasteiger partial charge in [-0.15, -0.1) is 0 Å². The summed E-state index contributed by atoms with van der Waals surface area (Å²) >= 11 is 0. The first kappa shape index (κ1) is 8.59. The van der Waals surface area contributed by atoms with Crippen LogP contribution < -0.4 is 0 Å².